The van der Waals surface area contributed by atoms with E-state index in [0.29, 0.717) is 6.04 Å². The van der Waals surface area contributed by atoms with Crippen molar-refractivity contribution in [1.29, 1.82) is 0 Å². The molecule has 1 aromatic rings. The summed E-state index contributed by atoms with van der Waals surface area (Å²) in [5.74, 6) is 0. The lowest BCUT2D eigenvalue weighted by Crippen LogP contribution is -2.53. The van der Waals surface area contributed by atoms with Crippen LogP contribution in [0.2, 0.25) is 0 Å². The van der Waals surface area contributed by atoms with Crippen molar-refractivity contribution < 1.29 is 9.53 Å². The number of amides is 1. The third-order valence-corrected chi connectivity index (χ3v) is 3.95. The van der Waals surface area contributed by atoms with Crippen LogP contribution in [0.3, 0.4) is 0 Å². The number of aromatic nitrogens is 1. The van der Waals surface area contributed by atoms with Gasteiger partial charge in [0.25, 0.3) is 0 Å². The van der Waals surface area contributed by atoms with Gasteiger partial charge in [-0.05, 0) is 33.6 Å². The normalized spacial score (nSPS) is 22.1. The Balaban J connectivity index is 1.55. The number of alkyl carbamates (subject to hydrolysis) is 1. The monoisotopic (exact) mass is 297 g/mol. The molecule has 1 amide bonds. The zero-order valence-corrected chi connectivity index (χ0v) is 13.1. The number of hydrogen-bond donors (Lipinski definition) is 2. The minimum atomic E-state index is -0.431. The lowest BCUT2D eigenvalue weighted by molar-refractivity contribution is 0.0465. The van der Waals surface area contributed by atoms with Gasteiger partial charge in [0.2, 0.25) is 0 Å². The molecule has 1 aromatic heterocycles. The first kappa shape index (κ1) is 15.3. The van der Waals surface area contributed by atoms with Gasteiger partial charge in [0, 0.05) is 36.6 Å². The first-order valence-electron chi connectivity index (χ1n) is 7.03. The lowest BCUT2D eigenvalue weighted by Gasteiger charge is -2.36. The molecule has 1 aliphatic rings. The van der Waals surface area contributed by atoms with Crippen molar-refractivity contribution in [3.8, 4) is 0 Å². The Hall–Kier alpha value is -1.14. The second-order valence-corrected chi connectivity index (χ2v) is 7.12. The van der Waals surface area contributed by atoms with Crippen LogP contribution in [-0.4, -0.2) is 35.3 Å². The van der Waals surface area contributed by atoms with Gasteiger partial charge < -0.3 is 15.4 Å². The van der Waals surface area contributed by atoms with Gasteiger partial charge in [-0.15, -0.1) is 11.3 Å². The van der Waals surface area contributed by atoms with Crippen LogP contribution in [0.15, 0.2) is 11.6 Å². The van der Waals surface area contributed by atoms with Gasteiger partial charge in [0.15, 0.2) is 0 Å². The number of carbonyl (C=O) groups excluding carboxylic acids is 1. The SMILES string of the molecule is CC(C)(C)OC(=O)NC1CC(NCCc2nccs2)C1. The van der Waals surface area contributed by atoms with E-state index in [-0.39, 0.29) is 12.1 Å². The molecule has 0 atom stereocenters. The Kier molecular flexibility index (Phi) is 4.99. The van der Waals surface area contributed by atoms with Crippen molar-refractivity contribution in [3.63, 3.8) is 0 Å². The maximum Gasteiger partial charge on any atom is 0.407 e. The number of ether oxygens (including phenoxy) is 1. The summed E-state index contributed by atoms with van der Waals surface area (Å²) in [6, 6.07) is 0.733. The highest BCUT2D eigenvalue weighted by molar-refractivity contribution is 7.09. The van der Waals surface area contributed by atoms with E-state index in [1.165, 1.54) is 5.01 Å². The zero-order chi connectivity index (χ0) is 14.6. The number of rotatable bonds is 5. The summed E-state index contributed by atoms with van der Waals surface area (Å²) in [4.78, 5) is 15.8. The van der Waals surface area contributed by atoms with Crippen molar-refractivity contribution in [2.75, 3.05) is 6.54 Å². The first-order chi connectivity index (χ1) is 9.42. The highest BCUT2D eigenvalue weighted by Gasteiger charge is 2.31. The standard InChI is InChI=1S/C14H23N3O2S/c1-14(2,3)19-13(18)17-11-8-10(9-11)15-5-4-12-16-6-7-20-12/h6-7,10-11,15H,4-5,8-9H2,1-3H3,(H,17,18). The van der Waals surface area contributed by atoms with Crippen LogP contribution < -0.4 is 10.6 Å². The van der Waals surface area contributed by atoms with E-state index < -0.39 is 5.60 Å². The Morgan fingerprint density at radius 2 is 2.20 bits per heavy atom. The molecule has 112 valence electrons. The molecule has 0 radical (unpaired) electrons. The van der Waals surface area contributed by atoms with E-state index in [0.717, 1.165) is 25.8 Å². The van der Waals surface area contributed by atoms with Gasteiger partial charge in [-0.2, -0.15) is 0 Å². The summed E-state index contributed by atoms with van der Waals surface area (Å²) in [6.07, 6.45) is 4.43. The number of nitrogens with one attached hydrogen (secondary N) is 2. The average Bonchev–Trinajstić information content (AvgIpc) is 2.75. The number of nitrogens with zero attached hydrogens (tertiary/aromatic N) is 1. The molecule has 2 N–H and O–H groups in total. The number of thiazole rings is 1. The Morgan fingerprint density at radius 1 is 1.45 bits per heavy atom. The molecule has 0 aromatic carbocycles. The summed E-state index contributed by atoms with van der Waals surface area (Å²) in [7, 11) is 0. The highest BCUT2D eigenvalue weighted by Crippen LogP contribution is 2.20. The van der Waals surface area contributed by atoms with Crippen LogP contribution in [0.5, 0.6) is 0 Å². The van der Waals surface area contributed by atoms with Gasteiger partial charge in [0.05, 0.1) is 5.01 Å². The molecule has 0 bridgehead atoms. The molecular formula is C14H23N3O2S. The molecule has 1 saturated carbocycles. The summed E-state index contributed by atoms with van der Waals surface area (Å²) in [5, 5.41) is 9.55. The predicted molar refractivity (Wildman–Crippen MR) is 80.0 cm³/mol. The first-order valence-corrected chi connectivity index (χ1v) is 7.91. The second-order valence-electron chi connectivity index (χ2n) is 6.14. The molecule has 2 rings (SSSR count). The van der Waals surface area contributed by atoms with E-state index in [2.05, 4.69) is 15.6 Å². The Bertz CT molecular complexity index is 422. The molecule has 1 aliphatic carbocycles. The maximum absolute atomic E-state index is 11.6. The van der Waals surface area contributed by atoms with E-state index in [1.54, 1.807) is 11.3 Å². The minimum absolute atomic E-state index is 0.238. The fourth-order valence-corrected chi connectivity index (χ4v) is 2.76. The average molecular weight is 297 g/mol. The van der Waals surface area contributed by atoms with Crippen molar-refractivity contribution in [2.24, 2.45) is 0 Å². The summed E-state index contributed by atoms with van der Waals surface area (Å²) in [6.45, 7) is 6.56. The third-order valence-electron chi connectivity index (χ3n) is 3.11. The van der Waals surface area contributed by atoms with E-state index in [4.69, 9.17) is 4.74 Å². The van der Waals surface area contributed by atoms with E-state index in [9.17, 15) is 4.79 Å². The van der Waals surface area contributed by atoms with Crippen molar-refractivity contribution in [2.45, 2.75) is 57.7 Å². The fraction of sp³-hybridized carbons (Fsp3) is 0.714. The van der Waals surface area contributed by atoms with Crippen molar-refractivity contribution >= 4 is 17.4 Å². The Morgan fingerprint density at radius 3 is 2.80 bits per heavy atom. The van der Waals surface area contributed by atoms with Crippen LogP contribution in [0.4, 0.5) is 4.79 Å². The van der Waals surface area contributed by atoms with Crippen LogP contribution in [0.25, 0.3) is 0 Å². The molecule has 5 nitrogen and oxygen atoms in total. The van der Waals surface area contributed by atoms with Crippen molar-refractivity contribution in [3.05, 3.63) is 16.6 Å². The topological polar surface area (TPSA) is 63.2 Å². The third kappa shape index (κ3) is 5.09. The second kappa shape index (κ2) is 6.54. The molecule has 20 heavy (non-hydrogen) atoms. The van der Waals surface area contributed by atoms with Crippen molar-refractivity contribution in [1.82, 2.24) is 15.6 Å². The highest BCUT2D eigenvalue weighted by atomic mass is 32.1. The summed E-state index contributed by atoms with van der Waals surface area (Å²) >= 11 is 1.69. The van der Waals surface area contributed by atoms with Gasteiger partial charge in [-0.3, -0.25) is 0 Å². The summed E-state index contributed by atoms with van der Waals surface area (Å²) in [5.41, 5.74) is -0.431. The van der Waals surface area contributed by atoms with Crippen LogP contribution in [0.1, 0.15) is 38.6 Å². The van der Waals surface area contributed by atoms with Crippen LogP contribution >= 0.6 is 11.3 Å². The molecule has 1 fully saturated rings. The van der Waals surface area contributed by atoms with Gasteiger partial charge >= 0.3 is 6.09 Å². The molecule has 6 heteroatoms. The predicted octanol–water partition coefficient (Wildman–Crippen LogP) is 2.33. The van der Waals surface area contributed by atoms with Gasteiger partial charge in [-0.1, -0.05) is 0 Å². The van der Waals surface area contributed by atoms with E-state index >= 15 is 0 Å². The minimum Gasteiger partial charge on any atom is -0.444 e. The quantitative estimate of drug-likeness (QED) is 0.875. The number of hydrogen-bond acceptors (Lipinski definition) is 5. The fourth-order valence-electron chi connectivity index (χ4n) is 2.14. The largest absolute Gasteiger partial charge is 0.444 e. The molecule has 1 heterocycles. The zero-order valence-electron chi connectivity index (χ0n) is 12.3. The molecule has 0 aliphatic heterocycles. The molecule has 0 saturated heterocycles. The Labute approximate surface area is 124 Å². The van der Waals surface area contributed by atoms with Crippen LogP contribution in [0, 0.1) is 0 Å². The van der Waals surface area contributed by atoms with Gasteiger partial charge in [0.1, 0.15) is 5.60 Å². The molecule has 0 spiro atoms. The maximum atomic E-state index is 11.6. The molecular weight excluding hydrogens is 274 g/mol. The number of carbonyl (C=O) groups is 1. The molecule has 0 unspecified atom stereocenters. The summed E-state index contributed by atoms with van der Waals surface area (Å²) < 4.78 is 5.23. The van der Waals surface area contributed by atoms with Crippen LogP contribution in [-0.2, 0) is 11.2 Å². The smallest absolute Gasteiger partial charge is 0.407 e. The van der Waals surface area contributed by atoms with Gasteiger partial charge in [-0.25, -0.2) is 9.78 Å². The van der Waals surface area contributed by atoms with E-state index in [1.807, 2.05) is 32.3 Å². The lowest BCUT2D eigenvalue weighted by atomic mass is 9.87.